The second kappa shape index (κ2) is 7.18. The lowest BCUT2D eigenvalue weighted by Crippen LogP contribution is -2.33. The predicted molar refractivity (Wildman–Crippen MR) is 103 cm³/mol. The summed E-state index contributed by atoms with van der Waals surface area (Å²) in [5.41, 5.74) is 6.96. The Hall–Kier alpha value is -1.63. The molecule has 0 radical (unpaired) electrons. The van der Waals surface area contributed by atoms with Crippen molar-refractivity contribution in [2.45, 2.75) is 32.4 Å². The van der Waals surface area contributed by atoms with Crippen LogP contribution in [0.5, 0.6) is 5.75 Å². The molecule has 1 amide bonds. The number of likely N-dealkylation sites (tertiary alicyclic amines) is 1. The van der Waals surface area contributed by atoms with Gasteiger partial charge in [-0.05, 0) is 55.9 Å². The molecule has 5 nitrogen and oxygen atoms in total. The van der Waals surface area contributed by atoms with Gasteiger partial charge in [0, 0.05) is 24.2 Å². The van der Waals surface area contributed by atoms with E-state index in [9.17, 15) is 4.79 Å². The molecule has 2 aliphatic rings. The molecule has 1 aliphatic heterocycles. The maximum Gasteiger partial charge on any atom is 0.265 e. The molecular weight excluding hydrogens is 370 g/mol. The highest BCUT2D eigenvalue weighted by molar-refractivity contribution is 7.13. The number of carbonyl (C=O) groups is 1. The van der Waals surface area contributed by atoms with E-state index in [1.54, 1.807) is 12.1 Å². The van der Waals surface area contributed by atoms with Gasteiger partial charge in [-0.1, -0.05) is 11.6 Å². The third-order valence-electron chi connectivity index (χ3n) is 5.41. The molecule has 1 saturated carbocycles. The first-order valence-electron chi connectivity index (χ1n) is 8.91. The van der Waals surface area contributed by atoms with Gasteiger partial charge in [0.25, 0.3) is 5.91 Å². The monoisotopic (exact) mass is 391 g/mol. The Bertz CT molecular complexity index is 808. The summed E-state index contributed by atoms with van der Waals surface area (Å²) in [4.78, 5) is 20.1. The summed E-state index contributed by atoms with van der Waals surface area (Å²) in [6.07, 6.45) is 2.22. The summed E-state index contributed by atoms with van der Waals surface area (Å²) in [6, 6.07) is 7.45. The zero-order chi connectivity index (χ0) is 18.3. The number of thiazole rings is 1. The Labute approximate surface area is 162 Å². The van der Waals surface area contributed by atoms with Crippen molar-refractivity contribution in [3.05, 3.63) is 44.9 Å². The number of fused-ring (bicyclic) bond motifs is 1. The van der Waals surface area contributed by atoms with Crippen molar-refractivity contribution in [3.8, 4) is 5.75 Å². The van der Waals surface area contributed by atoms with Gasteiger partial charge in [-0.2, -0.15) is 0 Å². The van der Waals surface area contributed by atoms with Crippen LogP contribution in [-0.4, -0.2) is 34.9 Å². The fourth-order valence-electron chi connectivity index (χ4n) is 4.01. The summed E-state index contributed by atoms with van der Waals surface area (Å²) < 4.78 is 5.74. The molecule has 1 aliphatic carbocycles. The van der Waals surface area contributed by atoms with Crippen molar-refractivity contribution in [1.82, 2.24) is 9.88 Å². The van der Waals surface area contributed by atoms with E-state index >= 15 is 0 Å². The number of nitrogens with zero attached hydrogens (tertiary/aromatic N) is 2. The molecule has 7 heteroatoms. The first-order chi connectivity index (χ1) is 12.5. The molecule has 2 aromatic rings. The summed E-state index contributed by atoms with van der Waals surface area (Å²) in [5, 5.41) is 1.47. The summed E-state index contributed by atoms with van der Waals surface area (Å²) >= 11 is 7.30. The van der Waals surface area contributed by atoms with E-state index < -0.39 is 0 Å². The van der Waals surface area contributed by atoms with E-state index in [0.29, 0.717) is 28.3 Å². The molecule has 1 saturated heterocycles. The van der Waals surface area contributed by atoms with E-state index in [2.05, 4.69) is 4.98 Å². The average Bonchev–Trinajstić information content (AvgIpc) is 3.30. The predicted octanol–water partition coefficient (Wildman–Crippen LogP) is 3.49. The van der Waals surface area contributed by atoms with E-state index in [1.165, 1.54) is 11.3 Å². The van der Waals surface area contributed by atoms with E-state index in [0.717, 1.165) is 42.4 Å². The Morgan fingerprint density at radius 3 is 2.85 bits per heavy atom. The lowest BCUT2D eigenvalue weighted by molar-refractivity contribution is 0.0783. The second-order valence-corrected chi connectivity index (χ2v) is 8.66. The number of ether oxygens (including phenoxy) is 1. The molecule has 1 aromatic heterocycles. The molecule has 26 heavy (non-hydrogen) atoms. The number of carbonyl (C=O) groups excluding carboxylic acids is 1. The zero-order valence-electron chi connectivity index (χ0n) is 14.7. The molecule has 2 fully saturated rings. The van der Waals surface area contributed by atoms with Crippen LogP contribution in [0.2, 0.25) is 5.02 Å². The number of hydrogen-bond acceptors (Lipinski definition) is 5. The third kappa shape index (κ3) is 3.46. The minimum Gasteiger partial charge on any atom is -0.486 e. The minimum atomic E-state index is 0.0827. The maximum atomic E-state index is 12.9. The molecule has 2 heterocycles. The minimum absolute atomic E-state index is 0.0827. The van der Waals surface area contributed by atoms with Gasteiger partial charge in [0.2, 0.25) is 0 Å². The molecule has 0 bridgehead atoms. The smallest absolute Gasteiger partial charge is 0.265 e. The first kappa shape index (κ1) is 17.8. The molecule has 3 atom stereocenters. The fourth-order valence-corrected chi connectivity index (χ4v) is 5.08. The Balaban J connectivity index is 1.41. The van der Waals surface area contributed by atoms with Crippen LogP contribution in [0.3, 0.4) is 0 Å². The highest BCUT2D eigenvalue weighted by atomic mass is 35.5. The van der Waals surface area contributed by atoms with Crippen LogP contribution >= 0.6 is 22.9 Å². The SMILES string of the molecule is Cc1nc(COc2ccc(Cl)cc2)sc1C(=O)N1CC2CCC(N)C2C1. The summed E-state index contributed by atoms with van der Waals surface area (Å²) in [5.74, 6) is 1.84. The molecule has 138 valence electrons. The van der Waals surface area contributed by atoms with Gasteiger partial charge in [-0.25, -0.2) is 4.98 Å². The normalized spacial score (nSPS) is 24.7. The number of rotatable bonds is 4. The summed E-state index contributed by atoms with van der Waals surface area (Å²) in [7, 11) is 0. The van der Waals surface area contributed by atoms with Crippen molar-refractivity contribution in [2.24, 2.45) is 17.6 Å². The topological polar surface area (TPSA) is 68.5 Å². The van der Waals surface area contributed by atoms with Gasteiger partial charge < -0.3 is 15.4 Å². The van der Waals surface area contributed by atoms with Gasteiger partial charge in [0.05, 0.1) is 5.69 Å². The van der Waals surface area contributed by atoms with Gasteiger partial charge in [-0.3, -0.25) is 4.79 Å². The van der Waals surface area contributed by atoms with Gasteiger partial charge >= 0.3 is 0 Å². The largest absolute Gasteiger partial charge is 0.486 e. The molecule has 2 N–H and O–H groups in total. The second-order valence-electron chi connectivity index (χ2n) is 7.14. The standard InChI is InChI=1S/C19H22ClN3O2S/c1-11-18(19(24)23-8-12-2-7-16(21)15(12)9-23)26-17(22-11)10-25-14-5-3-13(20)4-6-14/h3-6,12,15-16H,2,7-10,21H2,1H3. The van der Waals surface area contributed by atoms with Crippen LogP contribution in [0.4, 0.5) is 0 Å². The first-order valence-corrected chi connectivity index (χ1v) is 10.1. The van der Waals surface area contributed by atoms with Gasteiger partial charge in [0.15, 0.2) is 0 Å². The van der Waals surface area contributed by atoms with Crippen molar-refractivity contribution in [1.29, 1.82) is 0 Å². The summed E-state index contributed by atoms with van der Waals surface area (Å²) in [6.45, 7) is 3.83. The maximum absolute atomic E-state index is 12.9. The lowest BCUT2D eigenvalue weighted by atomic mass is 9.98. The van der Waals surface area contributed by atoms with Crippen LogP contribution in [0.15, 0.2) is 24.3 Å². The number of nitrogens with two attached hydrogens (primary N) is 1. The van der Waals surface area contributed by atoms with Gasteiger partial charge in [-0.15, -0.1) is 11.3 Å². The lowest BCUT2D eigenvalue weighted by Gasteiger charge is -2.18. The van der Waals surface area contributed by atoms with E-state index in [1.807, 2.05) is 24.0 Å². The average molecular weight is 392 g/mol. The van der Waals surface area contributed by atoms with Crippen LogP contribution in [0, 0.1) is 18.8 Å². The van der Waals surface area contributed by atoms with Crippen molar-refractivity contribution in [2.75, 3.05) is 13.1 Å². The number of amides is 1. The number of benzene rings is 1. The van der Waals surface area contributed by atoms with E-state index in [4.69, 9.17) is 22.1 Å². The molecular formula is C19H22ClN3O2S. The zero-order valence-corrected chi connectivity index (χ0v) is 16.2. The molecule has 3 unspecified atom stereocenters. The van der Waals surface area contributed by atoms with Crippen LogP contribution in [0.25, 0.3) is 0 Å². The Kier molecular flexibility index (Phi) is 4.90. The Morgan fingerprint density at radius 2 is 2.12 bits per heavy atom. The molecule has 4 rings (SSSR count). The van der Waals surface area contributed by atoms with Crippen LogP contribution in [-0.2, 0) is 6.61 Å². The number of halogens is 1. The van der Waals surface area contributed by atoms with Crippen molar-refractivity contribution in [3.63, 3.8) is 0 Å². The highest BCUT2D eigenvalue weighted by Crippen LogP contribution is 2.38. The van der Waals surface area contributed by atoms with Gasteiger partial charge in [0.1, 0.15) is 22.2 Å². The molecule has 1 aromatic carbocycles. The van der Waals surface area contributed by atoms with Crippen molar-refractivity contribution < 1.29 is 9.53 Å². The quantitative estimate of drug-likeness (QED) is 0.866. The fraction of sp³-hybridized carbons (Fsp3) is 0.474. The number of aromatic nitrogens is 1. The van der Waals surface area contributed by atoms with Crippen molar-refractivity contribution >= 4 is 28.8 Å². The Morgan fingerprint density at radius 1 is 1.35 bits per heavy atom. The number of aryl methyl sites for hydroxylation is 1. The molecule has 0 spiro atoms. The van der Waals surface area contributed by atoms with E-state index in [-0.39, 0.29) is 11.9 Å². The van der Waals surface area contributed by atoms with Crippen LogP contribution in [0.1, 0.15) is 33.2 Å². The highest BCUT2D eigenvalue weighted by Gasteiger charge is 2.43. The van der Waals surface area contributed by atoms with Crippen LogP contribution < -0.4 is 10.5 Å². The number of hydrogen-bond donors (Lipinski definition) is 1. The third-order valence-corrected chi connectivity index (χ3v) is 6.78.